The molecule has 1 aromatic carbocycles. The van der Waals surface area contributed by atoms with Crippen molar-refractivity contribution in [3.05, 3.63) is 35.9 Å². The number of hydrogen-bond donors (Lipinski definition) is 3. The average Bonchev–Trinajstić information content (AvgIpc) is 2.35. The van der Waals surface area contributed by atoms with Gasteiger partial charge in [-0.2, -0.15) is 0 Å². The van der Waals surface area contributed by atoms with Gasteiger partial charge in [0.25, 0.3) is 0 Å². The highest BCUT2D eigenvalue weighted by Gasteiger charge is 2.41. The topological polar surface area (TPSA) is 106 Å². The molecule has 1 atom stereocenters. The van der Waals surface area contributed by atoms with Crippen molar-refractivity contribution in [1.82, 2.24) is 0 Å². The molecule has 0 fully saturated rings. The fourth-order valence-corrected chi connectivity index (χ4v) is 1.55. The van der Waals surface area contributed by atoms with Gasteiger partial charge in [-0.3, -0.25) is 4.79 Å². The molecule has 1 aromatic rings. The second-order valence-corrected chi connectivity index (χ2v) is 3.86. The summed E-state index contributed by atoms with van der Waals surface area (Å²) in [6.45, 7) is 0.300. The summed E-state index contributed by atoms with van der Waals surface area (Å²) in [6, 6.07) is 8.18. The minimum Gasteiger partial charge on any atom is -0.480 e. The van der Waals surface area contributed by atoms with Gasteiger partial charge in [-0.25, -0.2) is 4.79 Å². The van der Waals surface area contributed by atoms with Crippen LogP contribution in [0.1, 0.15) is 23.2 Å². The first kappa shape index (κ1) is 13.3. The number of carbonyl (C=O) groups is 2. The lowest BCUT2D eigenvalue weighted by atomic mass is 9.86. The number of carboxylic acids is 1. The molecule has 5 N–H and O–H groups in total. The highest BCUT2D eigenvalue weighted by molar-refractivity contribution is 6.15. The number of hydrogen-bond acceptors (Lipinski definition) is 4. The van der Waals surface area contributed by atoms with E-state index in [9.17, 15) is 9.59 Å². The molecule has 92 valence electrons. The van der Waals surface area contributed by atoms with Gasteiger partial charge in [0.15, 0.2) is 11.3 Å². The van der Waals surface area contributed by atoms with Gasteiger partial charge >= 0.3 is 5.97 Å². The standard InChI is InChI=1S/C12H16N2O3/c13-8-4-7-12(14,11(16)17)10(15)9-5-2-1-3-6-9/h1-3,5-6H,4,7-8,13-14H2,(H,16,17). The summed E-state index contributed by atoms with van der Waals surface area (Å²) >= 11 is 0. The van der Waals surface area contributed by atoms with Gasteiger partial charge in [-0.1, -0.05) is 30.3 Å². The summed E-state index contributed by atoms with van der Waals surface area (Å²) in [6.07, 6.45) is 0.425. The molecule has 0 aliphatic heterocycles. The van der Waals surface area contributed by atoms with E-state index in [0.29, 0.717) is 18.5 Å². The van der Waals surface area contributed by atoms with Crippen LogP contribution in [0.2, 0.25) is 0 Å². The molecule has 1 rings (SSSR count). The maximum Gasteiger partial charge on any atom is 0.331 e. The summed E-state index contributed by atoms with van der Waals surface area (Å²) in [5.41, 5.74) is 9.42. The normalized spacial score (nSPS) is 14.0. The molecule has 5 nitrogen and oxygen atoms in total. The molecular weight excluding hydrogens is 220 g/mol. The van der Waals surface area contributed by atoms with Crippen LogP contribution < -0.4 is 11.5 Å². The van der Waals surface area contributed by atoms with E-state index >= 15 is 0 Å². The first-order valence-corrected chi connectivity index (χ1v) is 5.34. The third-order valence-electron chi connectivity index (χ3n) is 2.60. The molecule has 0 saturated carbocycles. The predicted molar refractivity (Wildman–Crippen MR) is 63.6 cm³/mol. The monoisotopic (exact) mass is 236 g/mol. The van der Waals surface area contributed by atoms with E-state index in [1.807, 2.05) is 0 Å². The van der Waals surface area contributed by atoms with Gasteiger partial charge in [0.2, 0.25) is 0 Å². The van der Waals surface area contributed by atoms with E-state index < -0.39 is 17.3 Å². The Morgan fingerprint density at radius 3 is 2.29 bits per heavy atom. The summed E-state index contributed by atoms with van der Waals surface area (Å²) in [5, 5.41) is 9.10. The van der Waals surface area contributed by atoms with E-state index in [1.54, 1.807) is 30.3 Å². The SMILES string of the molecule is NCCCC(N)(C(=O)O)C(=O)c1ccccc1. The molecular formula is C12H16N2O3. The third-order valence-corrected chi connectivity index (χ3v) is 2.60. The van der Waals surface area contributed by atoms with Crippen LogP contribution in [0, 0.1) is 0 Å². The van der Waals surface area contributed by atoms with Gasteiger partial charge < -0.3 is 16.6 Å². The molecule has 0 aliphatic carbocycles. The van der Waals surface area contributed by atoms with E-state index in [4.69, 9.17) is 16.6 Å². The number of nitrogens with two attached hydrogens (primary N) is 2. The number of carboxylic acid groups (broad SMARTS) is 1. The van der Waals surface area contributed by atoms with E-state index in [0.717, 1.165) is 0 Å². The Bertz CT molecular complexity index is 405. The molecule has 5 heteroatoms. The number of aliphatic carboxylic acids is 1. The van der Waals surface area contributed by atoms with E-state index in [1.165, 1.54) is 0 Å². The molecule has 1 unspecified atom stereocenters. The molecule has 0 amide bonds. The van der Waals surface area contributed by atoms with Gasteiger partial charge in [-0.05, 0) is 19.4 Å². The maximum atomic E-state index is 12.1. The van der Waals surface area contributed by atoms with Gasteiger partial charge in [-0.15, -0.1) is 0 Å². The molecule has 0 heterocycles. The Kier molecular flexibility index (Phi) is 4.37. The minimum absolute atomic E-state index is 0.0343. The van der Waals surface area contributed by atoms with Crippen LogP contribution in [-0.4, -0.2) is 28.9 Å². The highest BCUT2D eigenvalue weighted by atomic mass is 16.4. The Morgan fingerprint density at radius 2 is 1.82 bits per heavy atom. The van der Waals surface area contributed by atoms with Crippen LogP contribution in [-0.2, 0) is 4.79 Å². The van der Waals surface area contributed by atoms with Crippen molar-refractivity contribution in [2.75, 3.05) is 6.54 Å². The lowest BCUT2D eigenvalue weighted by Gasteiger charge is -2.22. The number of benzene rings is 1. The summed E-state index contributed by atoms with van der Waals surface area (Å²) < 4.78 is 0. The molecule has 0 aliphatic rings. The molecule has 0 saturated heterocycles. The van der Waals surface area contributed by atoms with Crippen LogP contribution >= 0.6 is 0 Å². The van der Waals surface area contributed by atoms with Gasteiger partial charge in [0.05, 0.1) is 0 Å². The van der Waals surface area contributed by atoms with Crippen molar-refractivity contribution in [1.29, 1.82) is 0 Å². The van der Waals surface area contributed by atoms with Crippen molar-refractivity contribution in [2.24, 2.45) is 11.5 Å². The first-order valence-electron chi connectivity index (χ1n) is 5.34. The number of Topliss-reactive ketones (excluding diaryl/α,β-unsaturated/α-hetero) is 1. The van der Waals surface area contributed by atoms with Crippen LogP contribution in [0.4, 0.5) is 0 Å². The van der Waals surface area contributed by atoms with Crippen molar-refractivity contribution >= 4 is 11.8 Å². The number of ketones is 1. The molecule has 0 radical (unpaired) electrons. The molecule has 0 aromatic heterocycles. The fraction of sp³-hybridized carbons (Fsp3) is 0.333. The number of rotatable bonds is 6. The summed E-state index contributed by atoms with van der Waals surface area (Å²) in [7, 11) is 0. The Balaban J connectivity index is 2.99. The van der Waals surface area contributed by atoms with Crippen molar-refractivity contribution in [3.8, 4) is 0 Å². The smallest absolute Gasteiger partial charge is 0.331 e. The van der Waals surface area contributed by atoms with Gasteiger partial charge in [0, 0.05) is 5.56 Å². The first-order chi connectivity index (χ1) is 8.02. The Hall–Kier alpha value is -1.72. The van der Waals surface area contributed by atoms with Crippen molar-refractivity contribution < 1.29 is 14.7 Å². The molecule has 0 spiro atoms. The van der Waals surface area contributed by atoms with Crippen molar-refractivity contribution in [3.63, 3.8) is 0 Å². The van der Waals surface area contributed by atoms with Crippen LogP contribution in [0.5, 0.6) is 0 Å². The van der Waals surface area contributed by atoms with E-state index in [2.05, 4.69) is 0 Å². The number of carbonyl (C=O) groups excluding carboxylic acids is 1. The van der Waals surface area contributed by atoms with E-state index in [-0.39, 0.29) is 6.42 Å². The quantitative estimate of drug-likeness (QED) is 0.489. The van der Waals surface area contributed by atoms with Crippen LogP contribution in [0.25, 0.3) is 0 Å². The summed E-state index contributed by atoms with van der Waals surface area (Å²) in [4.78, 5) is 23.2. The largest absolute Gasteiger partial charge is 0.480 e. The van der Waals surface area contributed by atoms with Crippen LogP contribution in [0.15, 0.2) is 30.3 Å². The fourth-order valence-electron chi connectivity index (χ4n) is 1.55. The summed E-state index contributed by atoms with van der Waals surface area (Å²) in [5.74, 6) is -1.90. The zero-order valence-electron chi connectivity index (χ0n) is 9.43. The minimum atomic E-state index is -1.89. The highest BCUT2D eigenvalue weighted by Crippen LogP contribution is 2.17. The maximum absolute atomic E-state index is 12.1. The second kappa shape index (κ2) is 5.56. The Morgan fingerprint density at radius 1 is 1.24 bits per heavy atom. The average molecular weight is 236 g/mol. The Labute approximate surface area is 99.4 Å². The third kappa shape index (κ3) is 2.89. The second-order valence-electron chi connectivity index (χ2n) is 3.86. The van der Waals surface area contributed by atoms with Gasteiger partial charge in [0.1, 0.15) is 0 Å². The zero-order chi connectivity index (χ0) is 12.9. The lowest BCUT2D eigenvalue weighted by molar-refractivity contribution is -0.141. The van der Waals surface area contributed by atoms with Crippen molar-refractivity contribution in [2.45, 2.75) is 18.4 Å². The molecule has 17 heavy (non-hydrogen) atoms. The molecule has 0 bridgehead atoms. The van der Waals surface area contributed by atoms with Crippen LogP contribution in [0.3, 0.4) is 0 Å². The lowest BCUT2D eigenvalue weighted by Crippen LogP contribution is -2.55. The predicted octanol–water partition coefficient (Wildman–Crippen LogP) is 0.390. The zero-order valence-corrected chi connectivity index (χ0v) is 9.43.